The molecular weight excluding hydrogens is 192 g/mol. The lowest BCUT2D eigenvalue weighted by Gasteiger charge is -1.94. The average Bonchev–Trinajstić information content (AvgIpc) is 2.59. The summed E-state index contributed by atoms with van der Waals surface area (Å²) in [7, 11) is 0. The van der Waals surface area contributed by atoms with E-state index in [-0.39, 0.29) is 5.56 Å². The molecule has 1 N–H and O–H groups in total. The highest BCUT2D eigenvalue weighted by atomic mass is 16.1. The summed E-state index contributed by atoms with van der Waals surface area (Å²) in [6, 6.07) is 0. The van der Waals surface area contributed by atoms with E-state index in [1.807, 2.05) is 6.92 Å². The minimum absolute atomic E-state index is 0.114. The number of hydrogen-bond acceptors (Lipinski definition) is 3. The van der Waals surface area contributed by atoms with Gasteiger partial charge in [-0.05, 0) is 13.3 Å². The molecular formula is C10H14N4O. The number of aryl methyl sites for hydroxylation is 2. The van der Waals surface area contributed by atoms with Crippen molar-refractivity contribution in [3.05, 3.63) is 22.4 Å². The van der Waals surface area contributed by atoms with Gasteiger partial charge in [-0.15, -0.1) is 0 Å². The fourth-order valence-electron chi connectivity index (χ4n) is 1.72. The topological polar surface area (TPSA) is 63.6 Å². The van der Waals surface area contributed by atoms with E-state index in [0.717, 1.165) is 24.1 Å². The second-order valence-corrected chi connectivity index (χ2v) is 3.44. The quantitative estimate of drug-likeness (QED) is 0.817. The van der Waals surface area contributed by atoms with Gasteiger partial charge in [-0.25, -0.2) is 4.98 Å². The Hall–Kier alpha value is -1.65. The molecule has 0 saturated carbocycles. The lowest BCUT2D eigenvalue weighted by atomic mass is 10.2. The van der Waals surface area contributed by atoms with Crippen molar-refractivity contribution in [1.29, 1.82) is 0 Å². The number of aromatic nitrogens is 4. The monoisotopic (exact) mass is 206 g/mol. The average molecular weight is 206 g/mol. The summed E-state index contributed by atoms with van der Waals surface area (Å²) in [6.07, 6.45) is 3.30. The predicted octanol–water partition coefficient (Wildman–Crippen LogP) is 1.09. The van der Waals surface area contributed by atoms with Crippen molar-refractivity contribution in [2.24, 2.45) is 0 Å². The maximum absolute atomic E-state index is 11.6. The molecule has 80 valence electrons. The molecule has 2 rings (SSSR count). The van der Waals surface area contributed by atoms with Gasteiger partial charge in [-0.3, -0.25) is 9.48 Å². The van der Waals surface area contributed by atoms with Gasteiger partial charge >= 0.3 is 0 Å². The number of aromatic amines is 1. The molecule has 0 amide bonds. The number of H-pyrrole nitrogens is 1. The number of hydrogen-bond donors (Lipinski definition) is 1. The van der Waals surface area contributed by atoms with Crippen molar-refractivity contribution in [2.45, 2.75) is 33.2 Å². The molecule has 0 spiro atoms. The maximum Gasteiger partial charge on any atom is 0.276 e. The zero-order valence-electron chi connectivity index (χ0n) is 8.95. The minimum atomic E-state index is -0.114. The normalized spacial score (nSPS) is 11.1. The molecule has 15 heavy (non-hydrogen) atoms. The SMILES string of the molecule is CCCc1nn(CC)c2c(=O)[nH]cnc12. The summed E-state index contributed by atoms with van der Waals surface area (Å²) in [4.78, 5) is 18.4. The summed E-state index contributed by atoms with van der Waals surface area (Å²) < 4.78 is 1.71. The summed E-state index contributed by atoms with van der Waals surface area (Å²) in [5, 5.41) is 4.39. The highest BCUT2D eigenvalue weighted by Crippen LogP contribution is 2.13. The fourth-order valence-corrected chi connectivity index (χ4v) is 1.72. The lowest BCUT2D eigenvalue weighted by Crippen LogP contribution is -2.11. The summed E-state index contributed by atoms with van der Waals surface area (Å²) in [5.74, 6) is 0. The van der Waals surface area contributed by atoms with Gasteiger partial charge in [-0.1, -0.05) is 13.3 Å². The number of nitrogens with zero attached hydrogens (tertiary/aromatic N) is 3. The van der Waals surface area contributed by atoms with E-state index < -0.39 is 0 Å². The van der Waals surface area contributed by atoms with Crippen LogP contribution < -0.4 is 5.56 Å². The Morgan fingerprint density at radius 1 is 1.47 bits per heavy atom. The van der Waals surface area contributed by atoms with E-state index in [1.54, 1.807) is 4.68 Å². The first kappa shape index (κ1) is 9.89. The Labute approximate surface area is 87.1 Å². The van der Waals surface area contributed by atoms with Crippen LogP contribution in [0.3, 0.4) is 0 Å². The first-order valence-electron chi connectivity index (χ1n) is 5.21. The molecule has 0 aliphatic heterocycles. The molecule has 0 aliphatic rings. The highest BCUT2D eigenvalue weighted by molar-refractivity contribution is 5.76. The van der Waals surface area contributed by atoms with Crippen molar-refractivity contribution >= 4 is 11.0 Å². The summed E-state index contributed by atoms with van der Waals surface area (Å²) >= 11 is 0. The number of rotatable bonds is 3. The van der Waals surface area contributed by atoms with E-state index in [4.69, 9.17) is 0 Å². The lowest BCUT2D eigenvalue weighted by molar-refractivity contribution is 0.662. The fraction of sp³-hybridized carbons (Fsp3) is 0.500. The van der Waals surface area contributed by atoms with Crippen molar-refractivity contribution < 1.29 is 0 Å². The van der Waals surface area contributed by atoms with E-state index in [0.29, 0.717) is 12.1 Å². The second kappa shape index (κ2) is 3.84. The molecule has 5 heteroatoms. The standard InChI is InChI=1S/C10H14N4O/c1-3-5-7-8-9(14(4-2)13-7)10(15)12-6-11-8/h6H,3-5H2,1-2H3,(H,11,12,15). The third-order valence-corrected chi connectivity index (χ3v) is 2.39. The molecule has 0 fully saturated rings. The van der Waals surface area contributed by atoms with Gasteiger partial charge in [-0.2, -0.15) is 5.10 Å². The van der Waals surface area contributed by atoms with Gasteiger partial charge in [0.05, 0.1) is 12.0 Å². The Morgan fingerprint density at radius 2 is 2.27 bits per heavy atom. The predicted molar refractivity (Wildman–Crippen MR) is 57.8 cm³/mol. The van der Waals surface area contributed by atoms with Crippen LogP contribution in [-0.2, 0) is 13.0 Å². The molecule has 2 heterocycles. The molecule has 0 saturated heterocycles. The van der Waals surface area contributed by atoms with Crippen LogP contribution in [0.25, 0.3) is 11.0 Å². The first-order valence-corrected chi connectivity index (χ1v) is 5.21. The van der Waals surface area contributed by atoms with Crippen LogP contribution in [0.5, 0.6) is 0 Å². The van der Waals surface area contributed by atoms with Crippen molar-refractivity contribution in [2.75, 3.05) is 0 Å². The Kier molecular flexibility index (Phi) is 2.53. The third kappa shape index (κ3) is 1.54. The van der Waals surface area contributed by atoms with Gasteiger partial charge in [0, 0.05) is 6.54 Å². The molecule has 0 radical (unpaired) electrons. The second-order valence-electron chi connectivity index (χ2n) is 3.44. The molecule has 0 unspecified atom stereocenters. The molecule has 0 atom stereocenters. The highest BCUT2D eigenvalue weighted by Gasteiger charge is 2.12. The zero-order valence-corrected chi connectivity index (χ0v) is 8.95. The summed E-state index contributed by atoms with van der Waals surface area (Å²) in [6.45, 7) is 4.74. The van der Waals surface area contributed by atoms with E-state index in [9.17, 15) is 4.79 Å². The maximum atomic E-state index is 11.6. The van der Waals surface area contributed by atoms with Crippen molar-refractivity contribution in [3.63, 3.8) is 0 Å². The van der Waals surface area contributed by atoms with Gasteiger partial charge < -0.3 is 4.98 Å². The Morgan fingerprint density at radius 3 is 2.93 bits per heavy atom. The van der Waals surface area contributed by atoms with Crippen LogP contribution in [-0.4, -0.2) is 19.7 Å². The number of fused-ring (bicyclic) bond motifs is 1. The Balaban J connectivity index is 2.75. The van der Waals surface area contributed by atoms with Gasteiger partial charge in [0.15, 0.2) is 5.52 Å². The first-order chi connectivity index (χ1) is 7.27. The van der Waals surface area contributed by atoms with E-state index >= 15 is 0 Å². The minimum Gasteiger partial charge on any atom is -0.311 e. The molecule has 2 aromatic heterocycles. The van der Waals surface area contributed by atoms with Crippen molar-refractivity contribution in [1.82, 2.24) is 19.7 Å². The molecule has 0 bridgehead atoms. The van der Waals surface area contributed by atoms with Crippen LogP contribution in [0.2, 0.25) is 0 Å². The van der Waals surface area contributed by atoms with Gasteiger partial charge in [0.2, 0.25) is 0 Å². The molecule has 0 aromatic carbocycles. The van der Waals surface area contributed by atoms with Gasteiger partial charge in [0.1, 0.15) is 5.52 Å². The molecule has 5 nitrogen and oxygen atoms in total. The van der Waals surface area contributed by atoms with Crippen molar-refractivity contribution in [3.8, 4) is 0 Å². The largest absolute Gasteiger partial charge is 0.311 e. The number of nitrogens with one attached hydrogen (secondary N) is 1. The molecule has 2 aromatic rings. The molecule has 0 aliphatic carbocycles. The zero-order chi connectivity index (χ0) is 10.8. The Bertz CT molecular complexity index is 526. The smallest absolute Gasteiger partial charge is 0.276 e. The van der Waals surface area contributed by atoms with Crippen LogP contribution >= 0.6 is 0 Å². The van der Waals surface area contributed by atoms with Crippen LogP contribution in [0.1, 0.15) is 26.0 Å². The van der Waals surface area contributed by atoms with Gasteiger partial charge in [0.25, 0.3) is 5.56 Å². The third-order valence-electron chi connectivity index (χ3n) is 2.39. The van der Waals surface area contributed by atoms with Crippen LogP contribution in [0.4, 0.5) is 0 Å². The van der Waals surface area contributed by atoms with Crippen LogP contribution in [0, 0.1) is 0 Å². The van der Waals surface area contributed by atoms with E-state index in [1.165, 1.54) is 6.33 Å². The summed E-state index contributed by atoms with van der Waals surface area (Å²) in [5.41, 5.74) is 2.13. The van der Waals surface area contributed by atoms with E-state index in [2.05, 4.69) is 22.0 Å². The van der Waals surface area contributed by atoms with Crippen LogP contribution in [0.15, 0.2) is 11.1 Å².